The molecular formula is C26H46O. The van der Waals surface area contributed by atoms with E-state index in [0.717, 1.165) is 12.8 Å². The fraction of sp³-hybridized carbons (Fsp3) is 0.769. The summed E-state index contributed by atoms with van der Waals surface area (Å²) < 4.78 is 0. The summed E-state index contributed by atoms with van der Waals surface area (Å²) in [4.78, 5) is 0. The molecule has 1 aromatic carbocycles. The third-order valence-corrected chi connectivity index (χ3v) is 5.32. The van der Waals surface area contributed by atoms with Gasteiger partial charge in [0.1, 0.15) is 5.75 Å². The van der Waals surface area contributed by atoms with E-state index in [1.165, 1.54) is 75.3 Å². The highest BCUT2D eigenvalue weighted by atomic mass is 16.3. The van der Waals surface area contributed by atoms with Crippen LogP contribution in [0, 0.1) is 10.8 Å². The van der Waals surface area contributed by atoms with Crippen molar-refractivity contribution in [2.45, 2.75) is 119 Å². The SMILES string of the molecule is CC(C)(C)CCCCCCc1cc(O)cc(CCCCCCC(C)(C)C)c1. The van der Waals surface area contributed by atoms with Gasteiger partial charge >= 0.3 is 0 Å². The van der Waals surface area contributed by atoms with Crippen LogP contribution < -0.4 is 0 Å². The van der Waals surface area contributed by atoms with Crippen LogP contribution in [-0.2, 0) is 12.8 Å². The van der Waals surface area contributed by atoms with Gasteiger partial charge in [0.25, 0.3) is 0 Å². The molecule has 0 saturated heterocycles. The molecule has 0 spiro atoms. The highest BCUT2D eigenvalue weighted by Crippen LogP contribution is 2.24. The minimum Gasteiger partial charge on any atom is -0.508 e. The second-order valence-corrected chi connectivity index (χ2v) is 11.0. The van der Waals surface area contributed by atoms with Crippen molar-refractivity contribution in [1.29, 1.82) is 0 Å². The Balaban J connectivity index is 2.25. The number of benzene rings is 1. The number of unbranched alkanes of at least 4 members (excludes halogenated alkanes) is 6. The van der Waals surface area contributed by atoms with Gasteiger partial charge in [-0.2, -0.15) is 0 Å². The molecule has 0 aliphatic heterocycles. The van der Waals surface area contributed by atoms with Gasteiger partial charge in [-0.1, -0.05) is 86.1 Å². The largest absolute Gasteiger partial charge is 0.508 e. The smallest absolute Gasteiger partial charge is 0.116 e. The Morgan fingerprint density at radius 1 is 0.556 bits per heavy atom. The van der Waals surface area contributed by atoms with Gasteiger partial charge in [-0.25, -0.2) is 0 Å². The highest BCUT2D eigenvalue weighted by molar-refractivity contribution is 5.33. The maximum Gasteiger partial charge on any atom is 0.116 e. The minimum atomic E-state index is 0.447. The summed E-state index contributed by atoms with van der Waals surface area (Å²) >= 11 is 0. The molecule has 0 amide bonds. The Morgan fingerprint density at radius 2 is 0.926 bits per heavy atom. The van der Waals surface area contributed by atoms with Crippen molar-refractivity contribution >= 4 is 0 Å². The van der Waals surface area contributed by atoms with E-state index in [2.05, 4.69) is 47.6 Å². The number of phenolic OH excluding ortho intramolecular Hbond substituents is 1. The summed E-state index contributed by atoms with van der Waals surface area (Å²) in [6.07, 6.45) is 15.2. The second-order valence-electron chi connectivity index (χ2n) is 11.0. The van der Waals surface area contributed by atoms with Gasteiger partial charge in [-0.05, 0) is 72.6 Å². The van der Waals surface area contributed by atoms with E-state index in [-0.39, 0.29) is 0 Å². The van der Waals surface area contributed by atoms with Crippen LogP contribution in [0.1, 0.15) is 117 Å². The van der Waals surface area contributed by atoms with Crippen LogP contribution >= 0.6 is 0 Å². The molecule has 1 aromatic rings. The summed E-state index contributed by atoms with van der Waals surface area (Å²) in [6, 6.07) is 6.24. The second kappa shape index (κ2) is 11.8. The van der Waals surface area contributed by atoms with E-state index in [0.29, 0.717) is 16.6 Å². The predicted octanol–water partition coefficient (Wildman–Crippen LogP) is 8.47. The molecule has 0 bridgehead atoms. The Hall–Kier alpha value is -0.980. The fourth-order valence-electron chi connectivity index (χ4n) is 3.71. The molecule has 1 heteroatoms. The van der Waals surface area contributed by atoms with E-state index in [1.54, 1.807) is 0 Å². The molecule has 0 atom stereocenters. The summed E-state index contributed by atoms with van der Waals surface area (Å²) in [6.45, 7) is 14.0. The van der Waals surface area contributed by atoms with Crippen LogP contribution in [0.4, 0.5) is 0 Å². The van der Waals surface area contributed by atoms with Gasteiger partial charge in [0.05, 0.1) is 0 Å². The molecular weight excluding hydrogens is 328 g/mol. The monoisotopic (exact) mass is 374 g/mol. The van der Waals surface area contributed by atoms with Gasteiger partial charge in [0.15, 0.2) is 0 Å². The molecule has 0 radical (unpaired) electrons. The van der Waals surface area contributed by atoms with E-state index >= 15 is 0 Å². The Morgan fingerprint density at radius 3 is 1.30 bits per heavy atom. The van der Waals surface area contributed by atoms with Gasteiger partial charge in [0, 0.05) is 0 Å². The van der Waals surface area contributed by atoms with Gasteiger partial charge in [0.2, 0.25) is 0 Å². The molecule has 27 heavy (non-hydrogen) atoms. The lowest BCUT2D eigenvalue weighted by molar-refractivity contribution is 0.357. The van der Waals surface area contributed by atoms with E-state index in [4.69, 9.17) is 0 Å². The number of hydrogen-bond donors (Lipinski definition) is 1. The molecule has 1 nitrogen and oxygen atoms in total. The van der Waals surface area contributed by atoms with Gasteiger partial charge in [-0.15, -0.1) is 0 Å². The fourth-order valence-corrected chi connectivity index (χ4v) is 3.71. The maximum atomic E-state index is 10.1. The molecule has 0 heterocycles. The third-order valence-electron chi connectivity index (χ3n) is 5.32. The summed E-state index contributed by atoms with van der Waals surface area (Å²) in [5, 5.41) is 10.1. The summed E-state index contributed by atoms with van der Waals surface area (Å²) in [5.74, 6) is 0.447. The van der Waals surface area contributed by atoms with Crippen LogP contribution in [0.15, 0.2) is 18.2 Å². The van der Waals surface area contributed by atoms with Crippen molar-refractivity contribution in [2.24, 2.45) is 10.8 Å². The number of phenols is 1. The first kappa shape index (κ1) is 24.1. The van der Waals surface area contributed by atoms with Crippen molar-refractivity contribution in [2.75, 3.05) is 0 Å². The standard InChI is InChI=1S/C26H46O/c1-25(2,3)17-13-9-7-11-15-22-19-23(21-24(27)20-22)16-12-8-10-14-18-26(4,5)6/h19-21,27H,7-18H2,1-6H3. The maximum absolute atomic E-state index is 10.1. The number of aryl methyl sites for hydroxylation is 2. The quantitative estimate of drug-likeness (QED) is 0.364. The van der Waals surface area contributed by atoms with Crippen molar-refractivity contribution in [3.8, 4) is 5.75 Å². The third kappa shape index (κ3) is 13.8. The van der Waals surface area contributed by atoms with Gasteiger partial charge in [-0.3, -0.25) is 0 Å². The summed E-state index contributed by atoms with van der Waals surface area (Å²) in [7, 11) is 0. The number of rotatable bonds is 12. The predicted molar refractivity (Wildman–Crippen MR) is 121 cm³/mol. The molecule has 1 N–H and O–H groups in total. The van der Waals surface area contributed by atoms with Crippen LogP contribution in [0.5, 0.6) is 5.75 Å². The van der Waals surface area contributed by atoms with Crippen LogP contribution in [-0.4, -0.2) is 5.11 Å². The van der Waals surface area contributed by atoms with Crippen molar-refractivity contribution in [1.82, 2.24) is 0 Å². The first-order chi connectivity index (χ1) is 12.6. The van der Waals surface area contributed by atoms with Crippen LogP contribution in [0.3, 0.4) is 0 Å². The highest BCUT2D eigenvalue weighted by Gasteiger charge is 2.09. The molecule has 0 aromatic heterocycles. The Kier molecular flexibility index (Phi) is 10.5. The minimum absolute atomic E-state index is 0.447. The average Bonchev–Trinajstić information content (AvgIpc) is 2.51. The zero-order valence-corrected chi connectivity index (χ0v) is 19.2. The number of aromatic hydroxyl groups is 1. The van der Waals surface area contributed by atoms with Crippen LogP contribution in [0.2, 0.25) is 0 Å². The van der Waals surface area contributed by atoms with Gasteiger partial charge < -0.3 is 5.11 Å². The lowest BCUT2D eigenvalue weighted by Gasteiger charge is -2.17. The van der Waals surface area contributed by atoms with Crippen LogP contribution in [0.25, 0.3) is 0 Å². The normalized spacial score (nSPS) is 12.5. The zero-order chi connectivity index (χ0) is 20.3. The molecule has 156 valence electrons. The van der Waals surface area contributed by atoms with E-state index in [9.17, 15) is 5.11 Å². The molecule has 0 aliphatic rings. The molecule has 0 fully saturated rings. The Bertz CT molecular complexity index is 472. The van der Waals surface area contributed by atoms with Crippen molar-refractivity contribution < 1.29 is 5.11 Å². The van der Waals surface area contributed by atoms with Crippen molar-refractivity contribution in [3.63, 3.8) is 0 Å². The number of hydrogen-bond acceptors (Lipinski definition) is 1. The molecule has 0 unspecified atom stereocenters. The molecule has 1 rings (SSSR count). The first-order valence-corrected chi connectivity index (χ1v) is 11.4. The van der Waals surface area contributed by atoms with E-state index < -0.39 is 0 Å². The first-order valence-electron chi connectivity index (χ1n) is 11.4. The lowest BCUT2D eigenvalue weighted by Crippen LogP contribution is -2.04. The molecule has 0 aliphatic carbocycles. The lowest BCUT2D eigenvalue weighted by atomic mass is 9.89. The molecule has 0 saturated carbocycles. The van der Waals surface area contributed by atoms with E-state index in [1.807, 2.05) is 12.1 Å². The summed E-state index contributed by atoms with van der Waals surface area (Å²) in [5.41, 5.74) is 3.56. The van der Waals surface area contributed by atoms with Crippen molar-refractivity contribution in [3.05, 3.63) is 29.3 Å². The Labute approximate surface area is 170 Å². The average molecular weight is 375 g/mol. The zero-order valence-electron chi connectivity index (χ0n) is 19.2. The topological polar surface area (TPSA) is 20.2 Å².